The standard InChI is InChI=1S/C14H17ClF2N2O3/c1-8-5-19(7-12(21-8)13(18)20)6-9-2-3-11(10(15)4-9)22-14(16)17/h2-4,8,12,14H,5-7H2,1H3,(H2,18,20)/t8-,12?/m1/s1. The molecule has 1 aliphatic rings. The lowest BCUT2D eigenvalue weighted by molar-refractivity contribution is -0.142. The summed E-state index contributed by atoms with van der Waals surface area (Å²) < 4.78 is 34.1. The normalized spacial score (nSPS) is 22.8. The van der Waals surface area contributed by atoms with Crippen LogP contribution in [0.3, 0.4) is 0 Å². The van der Waals surface area contributed by atoms with Gasteiger partial charge in [-0.05, 0) is 24.6 Å². The molecule has 5 nitrogen and oxygen atoms in total. The molecule has 1 unspecified atom stereocenters. The van der Waals surface area contributed by atoms with E-state index in [9.17, 15) is 13.6 Å². The van der Waals surface area contributed by atoms with Crippen molar-refractivity contribution in [2.45, 2.75) is 32.3 Å². The Kier molecular flexibility index (Phi) is 5.55. The molecule has 0 radical (unpaired) electrons. The highest BCUT2D eigenvalue weighted by molar-refractivity contribution is 6.32. The van der Waals surface area contributed by atoms with Gasteiger partial charge in [-0.25, -0.2) is 0 Å². The Hall–Kier alpha value is -1.44. The van der Waals surface area contributed by atoms with Crippen LogP contribution in [0.1, 0.15) is 12.5 Å². The number of halogens is 3. The summed E-state index contributed by atoms with van der Waals surface area (Å²) in [6.45, 7) is 0.462. The number of rotatable bonds is 5. The number of ether oxygens (including phenoxy) is 2. The third kappa shape index (κ3) is 4.53. The van der Waals surface area contributed by atoms with E-state index >= 15 is 0 Å². The second-order valence-corrected chi connectivity index (χ2v) is 5.58. The Morgan fingerprint density at radius 3 is 2.86 bits per heavy atom. The number of amides is 1. The Morgan fingerprint density at radius 2 is 2.27 bits per heavy atom. The first kappa shape index (κ1) is 16.9. The molecule has 2 rings (SSSR count). The molecule has 1 amide bonds. The van der Waals surface area contributed by atoms with Crippen molar-refractivity contribution in [3.63, 3.8) is 0 Å². The number of hydrogen-bond donors (Lipinski definition) is 1. The molecule has 0 bridgehead atoms. The van der Waals surface area contributed by atoms with Gasteiger partial charge in [0, 0.05) is 19.6 Å². The number of nitrogens with zero attached hydrogens (tertiary/aromatic N) is 1. The molecule has 0 aromatic heterocycles. The van der Waals surface area contributed by atoms with Crippen molar-refractivity contribution in [1.29, 1.82) is 0 Å². The lowest BCUT2D eigenvalue weighted by Crippen LogP contribution is -2.51. The maximum Gasteiger partial charge on any atom is 0.387 e. The van der Waals surface area contributed by atoms with Crippen molar-refractivity contribution in [1.82, 2.24) is 4.90 Å². The van der Waals surface area contributed by atoms with Crippen LogP contribution < -0.4 is 10.5 Å². The van der Waals surface area contributed by atoms with Gasteiger partial charge in [0.25, 0.3) is 0 Å². The summed E-state index contributed by atoms with van der Waals surface area (Å²) in [6, 6.07) is 4.63. The van der Waals surface area contributed by atoms with Crippen LogP contribution in [-0.4, -0.2) is 42.7 Å². The molecule has 8 heteroatoms. The average molecular weight is 335 g/mol. The predicted octanol–water partition coefficient (Wildman–Crippen LogP) is 2.02. The van der Waals surface area contributed by atoms with Crippen molar-refractivity contribution in [3.05, 3.63) is 28.8 Å². The lowest BCUT2D eigenvalue weighted by atomic mass is 10.1. The molecule has 1 fully saturated rings. The number of alkyl halides is 2. The first-order valence-corrected chi connectivity index (χ1v) is 7.13. The zero-order valence-electron chi connectivity index (χ0n) is 12.0. The zero-order chi connectivity index (χ0) is 16.3. The van der Waals surface area contributed by atoms with E-state index in [1.165, 1.54) is 6.07 Å². The van der Waals surface area contributed by atoms with Crippen molar-refractivity contribution >= 4 is 17.5 Å². The van der Waals surface area contributed by atoms with Gasteiger partial charge in [0.2, 0.25) is 5.91 Å². The van der Waals surface area contributed by atoms with Gasteiger partial charge in [0.05, 0.1) is 11.1 Å². The van der Waals surface area contributed by atoms with E-state index in [0.29, 0.717) is 19.6 Å². The summed E-state index contributed by atoms with van der Waals surface area (Å²) in [4.78, 5) is 13.3. The fraction of sp³-hybridized carbons (Fsp3) is 0.500. The van der Waals surface area contributed by atoms with Gasteiger partial charge in [-0.1, -0.05) is 17.7 Å². The number of morpholine rings is 1. The molecule has 0 spiro atoms. The summed E-state index contributed by atoms with van der Waals surface area (Å²) in [5.74, 6) is -0.568. The van der Waals surface area contributed by atoms with Crippen molar-refractivity contribution in [2.24, 2.45) is 5.73 Å². The van der Waals surface area contributed by atoms with Crippen LogP contribution in [0.25, 0.3) is 0 Å². The minimum Gasteiger partial charge on any atom is -0.433 e. The van der Waals surface area contributed by atoms with Gasteiger partial charge in [-0.3, -0.25) is 9.69 Å². The Bertz CT molecular complexity index is 545. The molecule has 1 aromatic carbocycles. The lowest BCUT2D eigenvalue weighted by Gasteiger charge is -2.35. The van der Waals surface area contributed by atoms with E-state index in [2.05, 4.69) is 4.74 Å². The monoisotopic (exact) mass is 334 g/mol. The van der Waals surface area contributed by atoms with Crippen molar-refractivity contribution < 1.29 is 23.0 Å². The summed E-state index contributed by atoms with van der Waals surface area (Å²) >= 11 is 5.92. The van der Waals surface area contributed by atoms with Crippen LogP contribution >= 0.6 is 11.6 Å². The second-order valence-electron chi connectivity index (χ2n) is 5.18. The third-order valence-corrected chi connectivity index (χ3v) is 3.57. The van der Waals surface area contributed by atoms with Gasteiger partial charge in [0.1, 0.15) is 11.9 Å². The van der Waals surface area contributed by atoms with Crippen LogP contribution in [-0.2, 0) is 16.1 Å². The highest BCUT2D eigenvalue weighted by Gasteiger charge is 2.28. The number of hydrogen-bond acceptors (Lipinski definition) is 4. The molecule has 1 heterocycles. The topological polar surface area (TPSA) is 64.8 Å². The first-order chi connectivity index (χ1) is 10.3. The Labute approximate surface area is 131 Å². The molecule has 2 atom stereocenters. The number of benzene rings is 1. The van der Waals surface area contributed by atoms with E-state index in [0.717, 1.165) is 5.56 Å². The fourth-order valence-corrected chi connectivity index (χ4v) is 2.67. The molecule has 2 N–H and O–H groups in total. The number of nitrogens with two attached hydrogens (primary N) is 1. The van der Waals surface area contributed by atoms with Crippen LogP contribution in [0.5, 0.6) is 5.75 Å². The number of carbonyl (C=O) groups excluding carboxylic acids is 1. The van der Waals surface area contributed by atoms with E-state index in [4.69, 9.17) is 22.1 Å². The molecule has 0 aliphatic carbocycles. The van der Waals surface area contributed by atoms with Crippen LogP contribution in [0, 0.1) is 0 Å². The molecule has 0 saturated carbocycles. The van der Waals surface area contributed by atoms with Gasteiger partial charge >= 0.3 is 6.61 Å². The maximum atomic E-state index is 12.2. The fourth-order valence-electron chi connectivity index (χ4n) is 2.42. The summed E-state index contributed by atoms with van der Waals surface area (Å²) in [5.41, 5.74) is 6.10. The smallest absolute Gasteiger partial charge is 0.387 e. The molecule has 22 heavy (non-hydrogen) atoms. The quantitative estimate of drug-likeness (QED) is 0.894. The molecule has 1 aromatic rings. The van der Waals surface area contributed by atoms with Crippen molar-refractivity contribution in [3.8, 4) is 5.75 Å². The Morgan fingerprint density at radius 1 is 1.55 bits per heavy atom. The summed E-state index contributed by atoms with van der Waals surface area (Å²) in [5, 5.41) is 0.116. The predicted molar refractivity (Wildman–Crippen MR) is 76.9 cm³/mol. The average Bonchev–Trinajstić information content (AvgIpc) is 2.40. The molecule has 122 valence electrons. The minimum atomic E-state index is -2.92. The highest BCUT2D eigenvalue weighted by atomic mass is 35.5. The van der Waals surface area contributed by atoms with E-state index < -0.39 is 18.6 Å². The summed E-state index contributed by atoms with van der Waals surface area (Å²) in [6.07, 6.45) is -0.774. The minimum absolute atomic E-state index is 0.0641. The molecular formula is C14H17ClF2N2O3. The molecular weight excluding hydrogens is 318 g/mol. The third-order valence-electron chi connectivity index (χ3n) is 3.27. The van der Waals surface area contributed by atoms with Crippen LogP contribution in [0.2, 0.25) is 5.02 Å². The zero-order valence-corrected chi connectivity index (χ0v) is 12.7. The molecule has 1 saturated heterocycles. The van der Waals surface area contributed by atoms with Gasteiger partial charge < -0.3 is 15.2 Å². The van der Waals surface area contributed by atoms with Crippen molar-refractivity contribution in [2.75, 3.05) is 13.1 Å². The molecule has 1 aliphatic heterocycles. The van der Waals surface area contributed by atoms with E-state index in [-0.39, 0.29) is 16.9 Å². The second kappa shape index (κ2) is 7.21. The largest absolute Gasteiger partial charge is 0.433 e. The first-order valence-electron chi connectivity index (χ1n) is 6.75. The van der Waals surface area contributed by atoms with Crippen LogP contribution in [0.4, 0.5) is 8.78 Å². The maximum absolute atomic E-state index is 12.2. The van der Waals surface area contributed by atoms with Crippen LogP contribution in [0.15, 0.2) is 18.2 Å². The number of primary amides is 1. The van der Waals surface area contributed by atoms with E-state index in [1.54, 1.807) is 12.1 Å². The summed E-state index contributed by atoms with van der Waals surface area (Å²) in [7, 11) is 0. The van der Waals surface area contributed by atoms with Gasteiger partial charge in [-0.15, -0.1) is 0 Å². The van der Waals surface area contributed by atoms with Gasteiger partial charge in [0.15, 0.2) is 0 Å². The highest BCUT2D eigenvalue weighted by Crippen LogP contribution is 2.27. The number of carbonyl (C=O) groups is 1. The van der Waals surface area contributed by atoms with E-state index in [1.807, 2.05) is 11.8 Å². The van der Waals surface area contributed by atoms with Gasteiger partial charge in [-0.2, -0.15) is 8.78 Å². The SMILES string of the molecule is C[C@@H]1CN(Cc2ccc(OC(F)F)c(Cl)c2)CC(C(N)=O)O1. The Balaban J connectivity index is 2.03.